The zero-order valence-electron chi connectivity index (χ0n) is 15.4. The van der Waals surface area contributed by atoms with Crippen molar-refractivity contribution in [1.82, 2.24) is 25.1 Å². The van der Waals surface area contributed by atoms with Crippen molar-refractivity contribution in [1.29, 1.82) is 0 Å². The minimum Gasteiger partial charge on any atom is -0.349 e. The summed E-state index contributed by atoms with van der Waals surface area (Å²) in [6, 6.07) is 8.68. The van der Waals surface area contributed by atoms with Gasteiger partial charge in [-0.2, -0.15) is 0 Å². The van der Waals surface area contributed by atoms with Crippen molar-refractivity contribution in [2.24, 2.45) is 0 Å². The van der Waals surface area contributed by atoms with Crippen molar-refractivity contribution < 1.29 is 4.79 Å². The van der Waals surface area contributed by atoms with Crippen LogP contribution in [0.4, 0.5) is 0 Å². The number of amides is 1. The average molecular weight is 353 g/mol. The summed E-state index contributed by atoms with van der Waals surface area (Å²) in [6.07, 6.45) is 3.06. The highest BCUT2D eigenvalue weighted by molar-refractivity contribution is 5.92. The van der Waals surface area contributed by atoms with Crippen molar-refractivity contribution in [3.05, 3.63) is 53.1 Å². The molecule has 6 nitrogen and oxygen atoms in total. The van der Waals surface area contributed by atoms with Gasteiger partial charge in [0.15, 0.2) is 0 Å². The van der Waals surface area contributed by atoms with E-state index in [9.17, 15) is 4.79 Å². The number of benzene rings is 1. The van der Waals surface area contributed by atoms with E-state index >= 15 is 0 Å². The van der Waals surface area contributed by atoms with Crippen LogP contribution in [0.3, 0.4) is 0 Å². The van der Waals surface area contributed by atoms with Crippen molar-refractivity contribution >= 4 is 5.91 Å². The molecule has 2 aromatic rings. The van der Waals surface area contributed by atoms with E-state index in [1.54, 1.807) is 0 Å². The number of rotatable bonds is 5. The number of hydrogen-bond acceptors (Lipinski definition) is 4. The monoisotopic (exact) mass is 353 g/mol. The highest BCUT2D eigenvalue weighted by Gasteiger charge is 2.24. The van der Waals surface area contributed by atoms with Crippen LogP contribution >= 0.6 is 0 Å². The molecule has 0 radical (unpaired) electrons. The molecule has 1 atom stereocenters. The standard InChI is InChI=1S/C20H27N5O/c1-15-4-2-3-5-17(15)16-6-9-24(13-16)10-8-22-20(26)18-14-25-11-7-21-12-19(25)23-18/h2-5,14,16,21H,6-13H2,1H3,(H,22,26)/t16-/m0/s1. The molecule has 3 heterocycles. The van der Waals surface area contributed by atoms with Crippen molar-refractivity contribution in [2.45, 2.75) is 32.4 Å². The lowest BCUT2D eigenvalue weighted by Gasteiger charge is -2.17. The Morgan fingerprint density at radius 3 is 3.08 bits per heavy atom. The summed E-state index contributed by atoms with van der Waals surface area (Å²) < 4.78 is 2.07. The first-order valence-corrected chi connectivity index (χ1v) is 9.53. The van der Waals surface area contributed by atoms with Gasteiger partial charge in [-0.05, 0) is 36.9 Å². The molecular formula is C20H27N5O. The molecule has 0 spiro atoms. The van der Waals surface area contributed by atoms with E-state index in [0.29, 0.717) is 18.2 Å². The van der Waals surface area contributed by atoms with Crippen LogP contribution in [-0.4, -0.2) is 53.1 Å². The SMILES string of the molecule is Cc1ccccc1[C@H]1CCN(CCNC(=O)c2cn3c(n2)CNCC3)C1. The lowest BCUT2D eigenvalue weighted by molar-refractivity contribution is 0.0945. The Labute approximate surface area is 154 Å². The second-order valence-corrected chi connectivity index (χ2v) is 7.31. The number of carbonyl (C=O) groups is 1. The summed E-state index contributed by atoms with van der Waals surface area (Å²) in [5, 5.41) is 6.30. The van der Waals surface area contributed by atoms with Gasteiger partial charge in [0, 0.05) is 38.9 Å². The molecule has 0 bridgehead atoms. The van der Waals surface area contributed by atoms with E-state index < -0.39 is 0 Å². The molecule has 2 aliphatic heterocycles. The molecule has 2 N–H and O–H groups in total. The number of hydrogen-bond donors (Lipinski definition) is 2. The molecule has 1 aromatic carbocycles. The normalized spacial score (nSPS) is 20.1. The molecule has 4 rings (SSSR count). The Morgan fingerprint density at radius 2 is 2.23 bits per heavy atom. The zero-order chi connectivity index (χ0) is 17.9. The summed E-state index contributed by atoms with van der Waals surface area (Å²) in [5.74, 6) is 1.49. The molecule has 0 aliphatic carbocycles. The van der Waals surface area contributed by atoms with E-state index in [1.807, 2.05) is 6.20 Å². The molecule has 1 fully saturated rings. The molecule has 1 amide bonds. The topological polar surface area (TPSA) is 62.2 Å². The van der Waals surface area contributed by atoms with Crippen LogP contribution in [0, 0.1) is 6.92 Å². The summed E-state index contributed by atoms with van der Waals surface area (Å²) in [6.45, 7) is 8.47. The second kappa shape index (κ2) is 7.60. The Morgan fingerprint density at radius 1 is 1.35 bits per heavy atom. The van der Waals surface area contributed by atoms with E-state index in [1.165, 1.54) is 17.5 Å². The summed E-state index contributed by atoms with van der Waals surface area (Å²) in [5.41, 5.74) is 3.38. The first-order chi connectivity index (χ1) is 12.7. The average Bonchev–Trinajstić information content (AvgIpc) is 3.29. The zero-order valence-corrected chi connectivity index (χ0v) is 15.4. The number of carbonyl (C=O) groups excluding carboxylic acids is 1. The quantitative estimate of drug-likeness (QED) is 0.855. The van der Waals surface area contributed by atoms with Gasteiger partial charge in [0.1, 0.15) is 11.5 Å². The third-order valence-corrected chi connectivity index (χ3v) is 5.52. The fourth-order valence-electron chi connectivity index (χ4n) is 4.05. The smallest absolute Gasteiger partial charge is 0.271 e. The molecule has 2 aliphatic rings. The Kier molecular flexibility index (Phi) is 5.04. The molecule has 1 aromatic heterocycles. The number of fused-ring (bicyclic) bond motifs is 1. The number of imidazole rings is 1. The first kappa shape index (κ1) is 17.2. The van der Waals surface area contributed by atoms with Crippen molar-refractivity contribution in [3.63, 3.8) is 0 Å². The Balaban J connectivity index is 1.26. The predicted octanol–water partition coefficient (Wildman–Crippen LogP) is 1.51. The van der Waals surface area contributed by atoms with Crippen LogP contribution in [0.25, 0.3) is 0 Å². The molecule has 1 saturated heterocycles. The molecule has 0 unspecified atom stereocenters. The van der Waals surface area contributed by atoms with Gasteiger partial charge in [-0.1, -0.05) is 24.3 Å². The Bertz CT molecular complexity index is 761. The maximum atomic E-state index is 12.3. The van der Waals surface area contributed by atoms with Gasteiger partial charge in [-0.25, -0.2) is 4.98 Å². The fraction of sp³-hybridized carbons (Fsp3) is 0.500. The lowest BCUT2D eigenvalue weighted by atomic mass is 9.94. The van der Waals surface area contributed by atoms with E-state index in [4.69, 9.17) is 0 Å². The van der Waals surface area contributed by atoms with Gasteiger partial charge in [0.2, 0.25) is 0 Å². The van der Waals surface area contributed by atoms with Crippen LogP contribution in [0.1, 0.15) is 39.8 Å². The number of nitrogens with one attached hydrogen (secondary N) is 2. The van der Waals surface area contributed by atoms with Gasteiger partial charge in [0.25, 0.3) is 5.91 Å². The molecule has 26 heavy (non-hydrogen) atoms. The highest BCUT2D eigenvalue weighted by atomic mass is 16.1. The van der Waals surface area contributed by atoms with E-state index in [-0.39, 0.29) is 5.91 Å². The van der Waals surface area contributed by atoms with Gasteiger partial charge in [-0.3, -0.25) is 4.79 Å². The van der Waals surface area contributed by atoms with Crippen LogP contribution < -0.4 is 10.6 Å². The summed E-state index contributed by atoms with van der Waals surface area (Å²) in [7, 11) is 0. The summed E-state index contributed by atoms with van der Waals surface area (Å²) >= 11 is 0. The second-order valence-electron chi connectivity index (χ2n) is 7.31. The fourth-order valence-corrected chi connectivity index (χ4v) is 4.05. The largest absolute Gasteiger partial charge is 0.349 e. The minimum absolute atomic E-state index is 0.0680. The van der Waals surface area contributed by atoms with Gasteiger partial charge in [-0.15, -0.1) is 0 Å². The van der Waals surface area contributed by atoms with E-state index in [0.717, 1.165) is 45.1 Å². The Hall–Kier alpha value is -2.18. The summed E-state index contributed by atoms with van der Waals surface area (Å²) in [4.78, 5) is 19.2. The van der Waals surface area contributed by atoms with E-state index in [2.05, 4.69) is 56.3 Å². The van der Waals surface area contributed by atoms with Gasteiger partial charge in [0.05, 0.1) is 6.54 Å². The van der Waals surface area contributed by atoms with Gasteiger partial charge < -0.3 is 20.1 Å². The maximum Gasteiger partial charge on any atom is 0.271 e. The lowest BCUT2D eigenvalue weighted by Crippen LogP contribution is -2.34. The number of likely N-dealkylation sites (tertiary alicyclic amines) is 1. The maximum absolute atomic E-state index is 12.3. The number of aromatic nitrogens is 2. The number of nitrogens with zero attached hydrogens (tertiary/aromatic N) is 3. The van der Waals surface area contributed by atoms with Crippen LogP contribution in [0.2, 0.25) is 0 Å². The van der Waals surface area contributed by atoms with Crippen LogP contribution in [-0.2, 0) is 13.1 Å². The molecule has 0 saturated carbocycles. The van der Waals surface area contributed by atoms with Crippen molar-refractivity contribution in [3.8, 4) is 0 Å². The minimum atomic E-state index is -0.0680. The molecule has 138 valence electrons. The van der Waals surface area contributed by atoms with Crippen LogP contribution in [0.15, 0.2) is 30.5 Å². The highest BCUT2D eigenvalue weighted by Crippen LogP contribution is 2.28. The van der Waals surface area contributed by atoms with Crippen molar-refractivity contribution in [2.75, 3.05) is 32.7 Å². The molecule has 6 heteroatoms. The first-order valence-electron chi connectivity index (χ1n) is 9.53. The number of aryl methyl sites for hydroxylation is 1. The van der Waals surface area contributed by atoms with Gasteiger partial charge >= 0.3 is 0 Å². The third kappa shape index (κ3) is 3.66. The van der Waals surface area contributed by atoms with Crippen LogP contribution in [0.5, 0.6) is 0 Å². The third-order valence-electron chi connectivity index (χ3n) is 5.52. The molecular weight excluding hydrogens is 326 g/mol. The predicted molar refractivity (Wildman–Crippen MR) is 101 cm³/mol.